The first-order chi connectivity index (χ1) is 11.8. The van der Waals surface area contributed by atoms with Crippen molar-refractivity contribution < 1.29 is 9.47 Å². The summed E-state index contributed by atoms with van der Waals surface area (Å²) in [4.78, 5) is 0. The third kappa shape index (κ3) is 6.66. The number of hydrogen-bond donors (Lipinski definition) is 0. The Balaban J connectivity index is 1.95. The van der Waals surface area contributed by atoms with E-state index in [2.05, 4.69) is 58.9 Å². The lowest BCUT2D eigenvalue weighted by Crippen LogP contribution is -2.26. The van der Waals surface area contributed by atoms with Crippen LogP contribution in [0.2, 0.25) is 0 Å². The molecule has 0 N–H and O–H groups in total. The van der Waals surface area contributed by atoms with Gasteiger partial charge in [-0.3, -0.25) is 0 Å². The summed E-state index contributed by atoms with van der Waals surface area (Å²) in [6, 6.07) is 8.69. The Morgan fingerprint density at radius 1 is 0.960 bits per heavy atom. The molecule has 1 aliphatic carbocycles. The average Bonchev–Trinajstić information content (AvgIpc) is 2.53. The molecule has 0 heterocycles. The van der Waals surface area contributed by atoms with Crippen LogP contribution in [0.5, 0.6) is 5.75 Å². The fourth-order valence-electron chi connectivity index (χ4n) is 3.93. The summed E-state index contributed by atoms with van der Waals surface area (Å²) in [5.41, 5.74) is 1.68. The molecule has 1 fully saturated rings. The molecule has 0 aliphatic heterocycles. The van der Waals surface area contributed by atoms with E-state index in [4.69, 9.17) is 9.47 Å². The van der Waals surface area contributed by atoms with Crippen molar-refractivity contribution in [3.05, 3.63) is 29.8 Å². The average molecular weight is 347 g/mol. The highest BCUT2D eigenvalue weighted by Crippen LogP contribution is 2.40. The highest BCUT2D eigenvalue weighted by molar-refractivity contribution is 5.30. The van der Waals surface area contributed by atoms with Gasteiger partial charge in [-0.05, 0) is 61.1 Å². The van der Waals surface area contributed by atoms with Crippen molar-refractivity contribution in [1.29, 1.82) is 0 Å². The minimum absolute atomic E-state index is 0.178. The smallest absolute Gasteiger partial charge is 0.197 e. The minimum Gasteiger partial charge on any atom is -0.465 e. The molecule has 2 nitrogen and oxygen atoms in total. The van der Waals surface area contributed by atoms with Crippen LogP contribution in [0.3, 0.4) is 0 Å². The summed E-state index contributed by atoms with van der Waals surface area (Å²) in [5.74, 6) is 2.17. The Morgan fingerprint density at radius 2 is 1.56 bits per heavy atom. The molecule has 142 valence electrons. The van der Waals surface area contributed by atoms with E-state index in [9.17, 15) is 0 Å². The van der Waals surface area contributed by atoms with Crippen LogP contribution in [-0.2, 0) is 4.74 Å². The van der Waals surface area contributed by atoms with Crippen LogP contribution >= 0.6 is 0 Å². The maximum absolute atomic E-state index is 6.06. The second-order valence-corrected chi connectivity index (χ2v) is 9.20. The molecule has 2 heteroatoms. The molecule has 1 aromatic carbocycles. The van der Waals surface area contributed by atoms with E-state index in [0.717, 1.165) is 5.75 Å². The molecule has 1 aromatic rings. The van der Waals surface area contributed by atoms with E-state index < -0.39 is 0 Å². The topological polar surface area (TPSA) is 18.5 Å². The summed E-state index contributed by atoms with van der Waals surface area (Å²) in [6.45, 7) is 13.6. The standard InChI is InChI=1S/C23H38O2/c1-17(2)16-22(23(4,5)6)19-12-14-21(15-13-19)25-18(3)24-20-10-8-7-9-11-20/h12-15,17-18,20,22H,7-11,16H2,1-6H3. The van der Waals surface area contributed by atoms with Crippen molar-refractivity contribution in [3.63, 3.8) is 0 Å². The van der Waals surface area contributed by atoms with Crippen molar-refractivity contribution in [1.82, 2.24) is 0 Å². The molecule has 1 aliphatic rings. The van der Waals surface area contributed by atoms with Gasteiger partial charge in [-0.25, -0.2) is 0 Å². The Hall–Kier alpha value is -1.02. The zero-order valence-corrected chi connectivity index (χ0v) is 17.2. The van der Waals surface area contributed by atoms with E-state index in [1.165, 1.54) is 44.1 Å². The van der Waals surface area contributed by atoms with Gasteiger partial charge < -0.3 is 9.47 Å². The number of hydrogen-bond acceptors (Lipinski definition) is 2. The molecule has 0 spiro atoms. The molecule has 0 amide bonds. The zero-order chi connectivity index (χ0) is 18.4. The molecule has 0 radical (unpaired) electrons. The van der Waals surface area contributed by atoms with Gasteiger partial charge in [0.25, 0.3) is 0 Å². The van der Waals surface area contributed by atoms with Gasteiger partial charge in [-0.2, -0.15) is 0 Å². The lowest BCUT2D eigenvalue weighted by molar-refractivity contribution is -0.116. The number of benzene rings is 1. The molecular weight excluding hydrogens is 308 g/mol. The molecule has 2 unspecified atom stereocenters. The molecule has 1 saturated carbocycles. The minimum atomic E-state index is -0.178. The first-order valence-electron chi connectivity index (χ1n) is 10.2. The molecule has 0 bridgehead atoms. The van der Waals surface area contributed by atoms with E-state index in [0.29, 0.717) is 17.9 Å². The summed E-state index contributed by atoms with van der Waals surface area (Å²) < 4.78 is 12.1. The predicted octanol–water partition coefficient (Wildman–Crippen LogP) is 6.94. The van der Waals surface area contributed by atoms with Gasteiger partial charge in [-0.1, -0.05) is 66.0 Å². The number of rotatable bonds is 7. The highest BCUT2D eigenvalue weighted by atomic mass is 16.7. The van der Waals surface area contributed by atoms with Crippen LogP contribution in [-0.4, -0.2) is 12.4 Å². The van der Waals surface area contributed by atoms with E-state index >= 15 is 0 Å². The van der Waals surface area contributed by atoms with Crippen LogP contribution in [0.25, 0.3) is 0 Å². The van der Waals surface area contributed by atoms with Crippen LogP contribution in [0.4, 0.5) is 0 Å². The van der Waals surface area contributed by atoms with Gasteiger partial charge >= 0.3 is 0 Å². The zero-order valence-electron chi connectivity index (χ0n) is 17.2. The molecule has 2 atom stereocenters. The lowest BCUT2D eigenvalue weighted by atomic mass is 9.72. The normalized spacial score (nSPS) is 19.0. The van der Waals surface area contributed by atoms with Gasteiger partial charge in [-0.15, -0.1) is 0 Å². The van der Waals surface area contributed by atoms with Crippen molar-refractivity contribution in [2.45, 2.75) is 98.4 Å². The number of ether oxygens (including phenoxy) is 2. The monoisotopic (exact) mass is 346 g/mol. The van der Waals surface area contributed by atoms with E-state index in [-0.39, 0.29) is 11.7 Å². The van der Waals surface area contributed by atoms with Gasteiger partial charge in [0.2, 0.25) is 0 Å². The first-order valence-corrected chi connectivity index (χ1v) is 10.2. The first kappa shape index (κ1) is 20.3. The maximum Gasteiger partial charge on any atom is 0.197 e. The van der Waals surface area contributed by atoms with E-state index in [1.807, 2.05) is 6.92 Å². The second kappa shape index (κ2) is 9.07. The van der Waals surface area contributed by atoms with E-state index in [1.54, 1.807) is 0 Å². The summed E-state index contributed by atoms with van der Waals surface area (Å²) >= 11 is 0. The Kier molecular flexibility index (Phi) is 7.37. The van der Waals surface area contributed by atoms with Crippen molar-refractivity contribution in [2.75, 3.05) is 0 Å². The van der Waals surface area contributed by atoms with Gasteiger partial charge in [0.05, 0.1) is 6.10 Å². The SMILES string of the molecule is CC(C)CC(c1ccc(OC(C)OC2CCCCC2)cc1)C(C)(C)C. The third-order valence-corrected chi connectivity index (χ3v) is 5.27. The molecule has 0 aromatic heterocycles. The molecule has 2 rings (SSSR count). The summed E-state index contributed by atoms with van der Waals surface area (Å²) in [7, 11) is 0. The van der Waals surface area contributed by atoms with Crippen LogP contribution < -0.4 is 4.74 Å². The maximum atomic E-state index is 6.06. The Bertz CT molecular complexity index is 492. The van der Waals surface area contributed by atoms with Gasteiger partial charge in [0, 0.05) is 0 Å². The third-order valence-electron chi connectivity index (χ3n) is 5.27. The Labute approximate surface area is 155 Å². The van der Waals surface area contributed by atoms with Crippen LogP contribution in [0, 0.1) is 11.3 Å². The fourth-order valence-corrected chi connectivity index (χ4v) is 3.93. The van der Waals surface area contributed by atoms with Crippen molar-refractivity contribution >= 4 is 0 Å². The largest absolute Gasteiger partial charge is 0.465 e. The molecule has 25 heavy (non-hydrogen) atoms. The van der Waals surface area contributed by atoms with Crippen molar-refractivity contribution in [3.8, 4) is 5.75 Å². The summed E-state index contributed by atoms with van der Waals surface area (Å²) in [5, 5.41) is 0. The van der Waals surface area contributed by atoms with Gasteiger partial charge in [0.15, 0.2) is 6.29 Å². The van der Waals surface area contributed by atoms with Crippen LogP contribution in [0.1, 0.15) is 91.5 Å². The molecule has 0 saturated heterocycles. The highest BCUT2D eigenvalue weighted by Gasteiger charge is 2.27. The quantitative estimate of drug-likeness (QED) is 0.498. The van der Waals surface area contributed by atoms with Crippen LogP contribution in [0.15, 0.2) is 24.3 Å². The fraction of sp³-hybridized carbons (Fsp3) is 0.739. The molecular formula is C23H38O2. The van der Waals surface area contributed by atoms with Gasteiger partial charge in [0.1, 0.15) is 5.75 Å². The summed E-state index contributed by atoms with van der Waals surface area (Å²) in [6.07, 6.45) is 7.69. The lowest BCUT2D eigenvalue weighted by Gasteiger charge is -2.33. The predicted molar refractivity (Wildman–Crippen MR) is 106 cm³/mol. The van der Waals surface area contributed by atoms with Crippen molar-refractivity contribution in [2.24, 2.45) is 11.3 Å². The Morgan fingerprint density at radius 3 is 2.08 bits per heavy atom. The second-order valence-electron chi connectivity index (χ2n) is 9.20.